The second kappa shape index (κ2) is 6.44. The van der Waals surface area contributed by atoms with Crippen molar-refractivity contribution in [3.8, 4) is 0 Å². The molecule has 1 heterocycles. The molecule has 0 aliphatic carbocycles. The van der Waals surface area contributed by atoms with Crippen molar-refractivity contribution in [3.63, 3.8) is 0 Å². The molecule has 0 atom stereocenters. The van der Waals surface area contributed by atoms with E-state index < -0.39 is 0 Å². The SMILES string of the molecule is CN(C)c1nccc(CNC(=O)c2ccc3ccccc3c2)n1. The molecule has 5 heteroatoms. The van der Waals surface area contributed by atoms with Gasteiger partial charge in [-0.15, -0.1) is 0 Å². The first kappa shape index (κ1) is 15.0. The van der Waals surface area contributed by atoms with Crippen molar-refractivity contribution >= 4 is 22.6 Å². The van der Waals surface area contributed by atoms with Gasteiger partial charge in [-0.05, 0) is 29.0 Å². The molecule has 0 aliphatic rings. The Kier molecular flexibility index (Phi) is 4.19. The summed E-state index contributed by atoms with van der Waals surface area (Å²) in [5.74, 6) is 0.517. The number of benzene rings is 2. The molecule has 0 radical (unpaired) electrons. The topological polar surface area (TPSA) is 58.1 Å². The number of hydrogen-bond donors (Lipinski definition) is 1. The van der Waals surface area contributed by atoms with Crippen LogP contribution in [0.1, 0.15) is 16.1 Å². The molecule has 1 N–H and O–H groups in total. The number of nitrogens with one attached hydrogen (secondary N) is 1. The smallest absolute Gasteiger partial charge is 0.251 e. The predicted octanol–water partition coefficient (Wildman–Crippen LogP) is 2.63. The van der Waals surface area contributed by atoms with Gasteiger partial charge in [-0.3, -0.25) is 4.79 Å². The molecule has 2 aromatic carbocycles. The van der Waals surface area contributed by atoms with Crippen molar-refractivity contribution in [2.75, 3.05) is 19.0 Å². The van der Waals surface area contributed by atoms with Gasteiger partial charge < -0.3 is 10.2 Å². The first-order valence-electron chi connectivity index (χ1n) is 7.40. The van der Waals surface area contributed by atoms with Gasteiger partial charge in [0.1, 0.15) is 0 Å². The van der Waals surface area contributed by atoms with Crippen LogP contribution in [0.3, 0.4) is 0 Å². The van der Waals surface area contributed by atoms with Crippen LogP contribution in [-0.4, -0.2) is 30.0 Å². The highest BCUT2D eigenvalue weighted by Crippen LogP contribution is 2.15. The third-order valence-corrected chi connectivity index (χ3v) is 3.54. The number of anilines is 1. The number of hydrogen-bond acceptors (Lipinski definition) is 4. The Hall–Kier alpha value is -2.95. The first-order valence-corrected chi connectivity index (χ1v) is 7.40. The van der Waals surface area contributed by atoms with Gasteiger partial charge in [-0.1, -0.05) is 30.3 Å². The van der Waals surface area contributed by atoms with E-state index in [0.717, 1.165) is 16.5 Å². The van der Waals surface area contributed by atoms with Gasteiger partial charge in [-0.25, -0.2) is 9.97 Å². The molecule has 1 aromatic heterocycles. The van der Waals surface area contributed by atoms with Gasteiger partial charge in [0.15, 0.2) is 0 Å². The maximum atomic E-state index is 12.3. The van der Waals surface area contributed by atoms with Crippen LogP contribution in [0.5, 0.6) is 0 Å². The molecule has 0 fully saturated rings. The summed E-state index contributed by atoms with van der Waals surface area (Å²) in [5.41, 5.74) is 1.42. The van der Waals surface area contributed by atoms with Crippen molar-refractivity contribution in [1.29, 1.82) is 0 Å². The molecule has 116 valence electrons. The lowest BCUT2D eigenvalue weighted by molar-refractivity contribution is 0.0950. The Bertz CT molecular complexity index is 845. The van der Waals surface area contributed by atoms with Crippen molar-refractivity contribution in [3.05, 3.63) is 66.0 Å². The third-order valence-electron chi connectivity index (χ3n) is 3.54. The van der Waals surface area contributed by atoms with Gasteiger partial charge in [0.25, 0.3) is 5.91 Å². The predicted molar refractivity (Wildman–Crippen MR) is 91.5 cm³/mol. The highest BCUT2D eigenvalue weighted by atomic mass is 16.1. The Morgan fingerprint density at radius 1 is 1.09 bits per heavy atom. The third kappa shape index (κ3) is 3.45. The number of carbonyl (C=O) groups is 1. The van der Waals surface area contributed by atoms with Gasteiger partial charge in [0.2, 0.25) is 5.95 Å². The van der Waals surface area contributed by atoms with Gasteiger partial charge in [-0.2, -0.15) is 0 Å². The number of fused-ring (bicyclic) bond motifs is 1. The molecule has 0 unspecified atom stereocenters. The standard InChI is InChI=1S/C18H18N4O/c1-22(2)18-19-10-9-16(21-18)12-20-17(23)15-8-7-13-5-3-4-6-14(13)11-15/h3-11H,12H2,1-2H3,(H,20,23). The van der Waals surface area contributed by atoms with Crippen molar-refractivity contribution in [2.24, 2.45) is 0 Å². The van der Waals surface area contributed by atoms with Crippen LogP contribution in [0.15, 0.2) is 54.7 Å². The largest absolute Gasteiger partial charge is 0.347 e. The van der Waals surface area contributed by atoms with E-state index in [0.29, 0.717) is 18.1 Å². The minimum Gasteiger partial charge on any atom is -0.347 e. The van der Waals surface area contributed by atoms with Crippen LogP contribution in [0.25, 0.3) is 10.8 Å². The molecule has 3 aromatic rings. The number of aromatic nitrogens is 2. The van der Waals surface area contributed by atoms with Crippen LogP contribution in [-0.2, 0) is 6.54 Å². The van der Waals surface area contributed by atoms with Gasteiger partial charge >= 0.3 is 0 Å². The van der Waals surface area contributed by atoms with Crippen LogP contribution in [0.4, 0.5) is 5.95 Å². The minimum atomic E-state index is -0.110. The zero-order valence-corrected chi connectivity index (χ0v) is 13.2. The Morgan fingerprint density at radius 2 is 1.87 bits per heavy atom. The van der Waals surface area contributed by atoms with Gasteiger partial charge in [0, 0.05) is 25.9 Å². The summed E-state index contributed by atoms with van der Waals surface area (Å²) in [6, 6.07) is 15.5. The summed E-state index contributed by atoms with van der Waals surface area (Å²) in [4.78, 5) is 22.7. The average molecular weight is 306 g/mol. The molecular weight excluding hydrogens is 288 g/mol. The molecular formula is C18H18N4O. The van der Waals surface area contributed by atoms with E-state index in [1.807, 2.05) is 61.5 Å². The Morgan fingerprint density at radius 3 is 2.65 bits per heavy atom. The van der Waals surface area contributed by atoms with E-state index in [1.54, 1.807) is 12.3 Å². The lowest BCUT2D eigenvalue weighted by Gasteiger charge is -2.11. The fraction of sp³-hybridized carbons (Fsp3) is 0.167. The Balaban J connectivity index is 1.72. The molecule has 0 spiro atoms. The maximum absolute atomic E-state index is 12.3. The highest BCUT2D eigenvalue weighted by Gasteiger charge is 2.07. The summed E-state index contributed by atoms with van der Waals surface area (Å²) < 4.78 is 0. The van der Waals surface area contributed by atoms with E-state index in [2.05, 4.69) is 15.3 Å². The maximum Gasteiger partial charge on any atom is 0.251 e. The fourth-order valence-corrected chi connectivity index (χ4v) is 2.30. The van der Waals surface area contributed by atoms with Crippen LogP contribution >= 0.6 is 0 Å². The van der Waals surface area contributed by atoms with Crippen LogP contribution < -0.4 is 10.2 Å². The van der Waals surface area contributed by atoms with Crippen LogP contribution in [0, 0.1) is 0 Å². The first-order chi connectivity index (χ1) is 11.1. The normalized spacial score (nSPS) is 10.5. The molecule has 0 saturated carbocycles. The molecule has 23 heavy (non-hydrogen) atoms. The zero-order valence-electron chi connectivity index (χ0n) is 13.2. The quantitative estimate of drug-likeness (QED) is 0.805. The van der Waals surface area contributed by atoms with E-state index in [9.17, 15) is 4.79 Å². The summed E-state index contributed by atoms with van der Waals surface area (Å²) in [5, 5.41) is 5.07. The van der Waals surface area contributed by atoms with Crippen molar-refractivity contribution < 1.29 is 4.79 Å². The van der Waals surface area contributed by atoms with E-state index in [1.165, 1.54) is 0 Å². The summed E-state index contributed by atoms with van der Waals surface area (Å²) in [6.45, 7) is 0.370. The Labute approximate surface area is 135 Å². The summed E-state index contributed by atoms with van der Waals surface area (Å²) in [6.07, 6.45) is 1.69. The fourth-order valence-electron chi connectivity index (χ4n) is 2.30. The van der Waals surface area contributed by atoms with Crippen molar-refractivity contribution in [1.82, 2.24) is 15.3 Å². The summed E-state index contributed by atoms with van der Waals surface area (Å²) in [7, 11) is 3.76. The second-order valence-electron chi connectivity index (χ2n) is 5.49. The monoisotopic (exact) mass is 306 g/mol. The number of amides is 1. The second-order valence-corrected chi connectivity index (χ2v) is 5.49. The molecule has 3 rings (SSSR count). The van der Waals surface area contributed by atoms with Gasteiger partial charge in [0.05, 0.1) is 12.2 Å². The molecule has 0 saturated heterocycles. The lowest BCUT2D eigenvalue weighted by atomic mass is 10.1. The number of nitrogens with zero attached hydrogens (tertiary/aromatic N) is 3. The molecule has 1 amide bonds. The molecule has 5 nitrogen and oxygen atoms in total. The highest BCUT2D eigenvalue weighted by molar-refractivity contribution is 5.98. The zero-order chi connectivity index (χ0) is 16.2. The molecule has 0 aliphatic heterocycles. The average Bonchev–Trinajstić information content (AvgIpc) is 2.59. The number of rotatable bonds is 4. The molecule has 0 bridgehead atoms. The summed E-state index contributed by atoms with van der Waals surface area (Å²) >= 11 is 0. The van der Waals surface area contributed by atoms with Crippen molar-refractivity contribution in [2.45, 2.75) is 6.54 Å². The van der Waals surface area contributed by atoms with E-state index >= 15 is 0 Å². The van der Waals surface area contributed by atoms with Crippen LogP contribution in [0.2, 0.25) is 0 Å². The van der Waals surface area contributed by atoms with E-state index in [-0.39, 0.29) is 5.91 Å². The van der Waals surface area contributed by atoms with E-state index in [4.69, 9.17) is 0 Å². The lowest BCUT2D eigenvalue weighted by Crippen LogP contribution is -2.24. The number of carbonyl (C=O) groups excluding carboxylic acids is 1. The minimum absolute atomic E-state index is 0.110.